The number of carboxylic acids is 1. The highest BCUT2D eigenvalue weighted by atomic mass is 16.4. The van der Waals surface area contributed by atoms with Crippen LogP contribution in [0.3, 0.4) is 0 Å². The van der Waals surface area contributed by atoms with Gasteiger partial charge in [0.05, 0.1) is 0 Å². The average molecular weight is 231 g/mol. The molecular weight excluding hydrogens is 214 g/mol. The summed E-state index contributed by atoms with van der Waals surface area (Å²) < 4.78 is 0. The zero-order valence-electron chi connectivity index (χ0n) is 9.47. The van der Waals surface area contributed by atoms with Crippen molar-refractivity contribution in [3.63, 3.8) is 0 Å². The highest BCUT2D eigenvalue weighted by Crippen LogP contribution is 1.98. The first-order valence-corrected chi connectivity index (χ1v) is 4.96. The summed E-state index contributed by atoms with van der Waals surface area (Å²) in [6.45, 7) is 3.52. The van der Waals surface area contributed by atoms with Crippen LogP contribution >= 0.6 is 0 Å². The first-order chi connectivity index (χ1) is 7.42. The third-order valence-corrected chi connectivity index (χ3v) is 1.98. The number of carbonyl (C=O) groups is 3. The van der Waals surface area contributed by atoms with Crippen LogP contribution in [0.15, 0.2) is 0 Å². The Bertz CT molecular complexity index is 260. The van der Waals surface area contributed by atoms with Crippen molar-refractivity contribution in [1.82, 2.24) is 9.80 Å². The van der Waals surface area contributed by atoms with Gasteiger partial charge in [-0.25, -0.2) is 4.79 Å². The summed E-state index contributed by atoms with van der Waals surface area (Å²) in [5.41, 5.74) is 4.95. The average Bonchev–Trinajstić information content (AvgIpc) is 2.17. The molecule has 0 aliphatic heterocycles. The largest absolute Gasteiger partial charge is 0.480 e. The molecule has 0 aliphatic rings. The minimum absolute atomic E-state index is 0.387. The molecule has 0 aromatic rings. The molecule has 0 radical (unpaired) electrons. The predicted octanol–water partition coefficient (Wildman–Crippen LogP) is -0.680. The van der Waals surface area contributed by atoms with Crippen LogP contribution < -0.4 is 5.73 Å². The van der Waals surface area contributed by atoms with Gasteiger partial charge in [0.2, 0.25) is 5.91 Å². The number of amides is 3. The fourth-order valence-corrected chi connectivity index (χ4v) is 1.24. The SMILES string of the molecule is CCN(CC)C(=O)N(CC(N)=O)CC(=O)O. The van der Waals surface area contributed by atoms with Crippen molar-refractivity contribution in [2.24, 2.45) is 5.73 Å². The van der Waals surface area contributed by atoms with E-state index in [-0.39, 0.29) is 6.54 Å². The Kier molecular flexibility index (Phi) is 5.91. The second-order valence-electron chi connectivity index (χ2n) is 3.17. The summed E-state index contributed by atoms with van der Waals surface area (Å²) in [4.78, 5) is 35.3. The van der Waals surface area contributed by atoms with Gasteiger partial charge in [-0.3, -0.25) is 9.59 Å². The number of rotatable bonds is 6. The van der Waals surface area contributed by atoms with Gasteiger partial charge in [-0.2, -0.15) is 0 Å². The number of carbonyl (C=O) groups excluding carboxylic acids is 2. The van der Waals surface area contributed by atoms with Crippen molar-refractivity contribution in [2.75, 3.05) is 26.2 Å². The standard InChI is InChI=1S/C9H17N3O4/c1-3-11(4-2)9(16)12(5-7(10)13)6-8(14)15/h3-6H2,1-2H3,(H2,10,13)(H,14,15). The van der Waals surface area contributed by atoms with Gasteiger partial charge in [0.15, 0.2) is 0 Å². The van der Waals surface area contributed by atoms with Crippen LogP contribution in [0.2, 0.25) is 0 Å². The van der Waals surface area contributed by atoms with E-state index in [4.69, 9.17) is 10.8 Å². The number of primary amides is 1. The number of nitrogens with two attached hydrogens (primary N) is 1. The Morgan fingerprint density at radius 1 is 1.06 bits per heavy atom. The van der Waals surface area contributed by atoms with Crippen molar-refractivity contribution in [3.8, 4) is 0 Å². The quantitative estimate of drug-likeness (QED) is 0.632. The zero-order valence-corrected chi connectivity index (χ0v) is 9.47. The molecule has 0 atom stereocenters. The molecule has 0 unspecified atom stereocenters. The second kappa shape index (κ2) is 6.65. The molecule has 0 aromatic heterocycles. The molecular formula is C9H17N3O4. The van der Waals surface area contributed by atoms with E-state index in [1.165, 1.54) is 4.90 Å². The zero-order chi connectivity index (χ0) is 12.7. The van der Waals surface area contributed by atoms with E-state index in [2.05, 4.69) is 0 Å². The summed E-state index contributed by atoms with van der Waals surface area (Å²) >= 11 is 0. The van der Waals surface area contributed by atoms with Gasteiger partial charge in [0.25, 0.3) is 0 Å². The highest BCUT2D eigenvalue weighted by molar-refractivity contribution is 5.85. The fourth-order valence-electron chi connectivity index (χ4n) is 1.24. The lowest BCUT2D eigenvalue weighted by atomic mass is 10.4. The minimum atomic E-state index is -1.18. The van der Waals surface area contributed by atoms with E-state index >= 15 is 0 Å². The van der Waals surface area contributed by atoms with Gasteiger partial charge >= 0.3 is 12.0 Å². The van der Waals surface area contributed by atoms with Crippen molar-refractivity contribution in [2.45, 2.75) is 13.8 Å². The van der Waals surface area contributed by atoms with Crippen LogP contribution in [-0.2, 0) is 9.59 Å². The fraction of sp³-hybridized carbons (Fsp3) is 0.667. The first kappa shape index (κ1) is 14.2. The van der Waals surface area contributed by atoms with Crippen LogP contribution in [0.4, 0.5) is 4.79 Å². The normalized spacial score (nSPS) is 9.62. The Morgan fingerprint density at radius 2 is 1.56 bits per heavy atom. The molecule has 0 spiro atoms. The molecule has 0 rings (SSSR count). The van der Waals surface area contributed by atoms with E-state index in [0.717, 1.165) is 4.90 Å². The van der Waals surface area contributed by atoms with E-state index in [1.54, 1.807) is 13.8 Å². The maximum Gasteiger partial charge on any atom is 0.323 e. The molecule has 7 heteroatoms. The maximum absolute atomic E-state index is 11.8. The van der Waals surface area contributed by atoms with Crippen LogP contribution in [0.5, 0.6) is 0 Å². The Hall–Kier alpha value is -1.79. The molecule has 0 aromatic carbocycles. The van der Waals surface area contributed by atoms with Gasteiger partial charge in [0, 0.05) is 13.1 Å². The highest BCUT2D eigenvalue weighted by Gasteiger charge is 2.22. The summed E-state index contributed by atoms with van der Waals surface area (Å²) in [5, 5.41) is 8.61. The molecule has 0 fully saturated rings. The van der Waals surface area contributed by atoms with Crippen LogP contribution in [0.25, 0.3) is 0 Å². The van der Waals surface area contributed by atoms with Gasteiger partial charge < -0.3 is 20.6 Å². The second-order valence-corrected chi connectivity index (χ2v) is 3.17. The lowest BCUT2D eigenvalue weighted by molar-refractivity contribution is -0.138. The van der Waals surface area contributed by atoms with Crippen molar-refractivity contribution in [3.05, 3.63) is 0 Å². The van der Waals surface area contributed by atoms with Crippen molar-refractivity contribution < 1.29 is 19.5 Å². The van der Waals surface area contributed by atoms with Gasteiger partial charge in [-0.05, 0) is 13.8 Å². The van der Waals surface area contributed by atoms with Crippen LogP contribution in [-0.4, -0.2) is 59.0 Å². The lowest BCUT2D eigenvalue weighted by Gasteiger charge is -2.27. The van der Waals surface area contributed by atoms with E-state index in [1.807, 2.05) is 0 Å². The molecule has 7 nitrogen and oxygen atoms in total. The number of nitrogens with zero attached hydrogens (tertiary/aromatic N) is 2. The molecule has 92 valence electrons. The number of carboxylic acid groups (broad SMARTS) is 1. The summed E-state index contributed by atoms with van der Waals surface area (Å²) in [5.74, 6) is -1.91. The maximum atomic E-state index is 11.8. The third-order valence-electron chi connectivity index (χ3n) is 1.98. The van der Waals surface area contributed by atoms with E-state index < -0.39 is 24.5 Å². The first-order valence-electron chi connectivity index (χ1n) is 4.96. The molecule has 3 amide bonds. The van der Waals surface area contributed by atoms with Gasteiger partial charge in [-0.1, -0.05) is 0 Å². The molecule has 0 saturated carbocycles. The number of hydrogen-bond acceptors (Lipinski definition) is 3. The predicted molar refractivity (Wildman–Crippen MR) is 56.7 cm³/mol. The van der Waals surface area contributed by atoms with Gasteiger partial charge in [-0.15, -0.1) is 0 Å². The molecule has 0 saturated heterocycles. The Morgan fingerprint density at radius 3 is 1.88 bits per heavy atom. The monoisotopic (exact) mass is 231 g/mol. The van der Waals surface area contributed by atoms with Crippen LogP contribution in [0, 0.1) is 0 Å². The molecule has 0 heterocycles. The Labute approximate surface area is 93.8 Å². The van der Waals surface area contributed by atoms with Crippen molar-refractivity contribution in [1.29, 1.82) is 0 Å². The lowest BCUT2D eigenvalue weighted by Crippen LogP contribution is -2.48. The van der Waals surface area contributed by atoms with E-state index in [9.17, 15) is 14.4 Å². The number of urea groups is 1. The summed E-state index contributed by atoms with van der Waals surface area (Å²) in [6, 6.07) is -0.494. The Balaban J connectivity index is 4.66. The van der Waals surface area contributed by atoms with Crippen molar-refractivity contribution >= 4 is 17.9 Å². The summed E-state index contributed by atoms with van der Waals surface area (Å²) in [7, 11) is 0. The third kappa shape index (κ3) is 4.63. The van der Waals surface area contributed by atoms with Gasteiger partial charge in [0.1, 0.15) is 13.1 Å². The molecule has 16 heavy (non-hydrogen) atoms. The summed E-state index contributed by atoms with van der Waals surface area (Å²) in [6.07, 6.45) is 0. The van der Waals surface area contributed by atoms with E-state index in [0.29, 0.717) is 13.1 Å². The van der Waals surface area contributed by atoms with Crippen LogP contribution in [0.1, 0.15) is 13.8 Å². The molecule has 0 bridgehead atoms. The number of hydrogen-bond donors (Lipinski definition) is 2. The smallest absolute Gasteiger partial charge is 0.323 e. The minimum Gasteiger partial charge on any atom is -0.480 e. The number of aliphatic carboxylic acids is 1. The molecule has 3 N–H and O–H groups in total. The molecule has 0 aliphatic carbocycles. The topological polar surface area (TPSA) is 104 Å².